The van der Waals surface area contributed by atoms with Gasteiger partial charge in [0, 0.05) is 6.07 Å². The second-order valence-electron chi connectivity index (χ2n) is 4.77. The van der Waals surface area contributed by atoms with E-state index in [2.05, 4.69) is 11.9 Å². The third-order valence-corrected chi connectivity index (χ3v) is 3.25. The van der Waals surface area contributed by atoms with Gasteiger partial charge in [-0.3, -0.25) is 5.41 Å². The third-order valence-electron chi connectivity index (χ3n) is 3.25. The van der Waals surface area contributed by atoms with Crippen LogP contribution in [0.2, 0.25) is 0 Å². The molecule has 0 spiro atoms. The third kappa shape index (κ3) is 3.19. The fourth-order valence-electron chi connectivity index (χ4n) is 2.15. The normalized spacial score (nSPS) is 24.3. The highest BCUT2D eigenvalue weighted by molar-refractivity contribution is 5.93. The molecule has 0 aliphatic heterocycles. The van der Waals surface area contributed by atoms with Crippen LogP contribution in [0.1, 0.15) is 38.3 Å². The lowest BCUT2D eigenvalue weighted by Gasteiger charge is -2.26. The maximum Gasteiger partial charge on any atom is 0.214 e. The summed E-state index contributed by atoms with van der Waals surface area (Å²) in [5.74, 6) is 1.37. The Labute approximate surface area is 102 Å². The molecular formula is C13H19N3O. The summed E-state index contributed by atoms with van der Waals surface area (Å²) in [6.07, 6.45) is 4.88. The summed E-state index contributed by atoms with van der Waals surface area (Å²) < 4.78 is 5.83. The molecule has 0 saturated heterocycles. The molecule has 1 saturated carbocycles. The van der Waals surface area contributed by atoms with Gasteiger partial charge in [-0.25, -0.2) is 4.98 Å². The lowest BCUT2D eigenvalue weighted by atomic mass is 9.89. The van der Waals surface area contributed by atoms with Crippen molar-refractivity contribution in [2.45, 2.75) is 38.7 Å². The average Bonchev–Trinajstić information content (AvgIpc) is 2.32. The Kier molecular flexibility index (Phi) is 3.61. The highest BCUT2D eigenvalue weighted by Crippen LogP contribution is 2.26. The van der Waals surface area contributed by atoms with Gasteiger partial charge in [0.25, 0.3) is 0 Å². The van der Waals surface area contributed by atoms with Gasteiger partial charge in [0.2, 0.25) is 5.88 Å². The SMILES string of the molecule is CC1CCC(Oc2cccc(C(=N)N)n2)CC1. The summed E-state index contributed by atoms with van der Waals surface area (Å²) in [7, 11) is 0. The number of nitrogens with one attached hydrogen (secondary N) is 1. The molecule has 1 heterocycles. The lowest BCUT2D eigenvalue weighted by Crippen LogP contribution is -2.24. The van der Waals surface area contributed by atoms with Crippen LogP contribution in [0, 0.1) is 11.3 Å². The Morgan fingerprint density at radius 2 is 2.06 bits per heavy atom. The van der Waals surface area contributed by atoms with E-state index in [-0.39, 0.29) is 11.9 Å². The molecule has 0 unspecified atom stereocenters. The zero-order valence-electron chi connectivity index (χ0n) is 10.1. The number of pyridine rings is 1. The second-order valence-corrected chi connectivity index (χ2v) is 4.77. The number of ether oxygens (including phenoxy) is 1. The molecule has 1 aromatic rings. The maximum absolute atomic E-state index is 7.34. The van der Waals surface area contributed by atoms with Crippen molar-refractivity contribution in [2.24, 2.45) is 11.7 Å². The van der Waals surface area contributed by atoms with Crippen LogP contribution in [-0.4, -0.2) is 16.9 Å². The van der Waals surface area contributed by atoms with Crippen molar-refractivity contribution in [3.63, 3.8) is 0 Å². The predicted molar refractivity (Wildman–Crippen MR) is 67.3 cm³/mol. The molecule has 92 valence electrons. The van der Waals surface area contributed by atoms with Crippen molar-refractivity contribution < 1.29 is 4.74 Å². The van der Waals surface area contributed by atoms with Crippen molar-refractivity contribution in [2.75, 3.05) is 0 Å². The van der Waals surface area contributed by atoms with E-state index in [9.17, 15) is 0 Å². The Balaban J connectivity index is 1.98. The topological polar surface area (TPSA) is 72.0 Å². The highest BCUT2D eigenvalue weighted by atomic mass is 16.5. The number of amidine groups is 1. The maximum atomic E-state index is 7.34. The zero-order valence-corrected chi connectivity index (χ0v) is 10.1. The van der Waals surface area contributed by atoms with E-state index in [4.69, 9.17) is 15.9 Å². The van der Waals surface area contributed by atoms with Crippen LogP contribution < -0.4 is 10.5 Å². The van der Waals surface area contributed by atoms with Gasteiger partial charge in [0.05, 0.1) is 0 Å². The highest BCUT2D eigenvalue weighted by Gasteiger charge is 2.19. The minimum absolute atomic E-state index is 0.0206. The van der Waals surface area contributed by atoms with Gasteiger partial charge in [-0.1, -0.05) is 13.0 Å². The Hall–Kier alpha value is -1.58. The number of aromatic nitrogens is 1. The van der Waals surface area contributed by atoms with Crippen molar-refractivity contribution in [1.82, 2.24) is 4.98 Å². The number of nitrogen functional groups attached to an aromatic ring is 1. The second kappa shape index (κ2) is 5.17. The standard InChI is InChI=1S/C13H19N3O/c1-9-5-7-10(8-6-9)17-12-4-2-3-11(16-12)13(14)15/h2-4,9-10H,5-8H2,1H3,(H3,14,15). The summed E-state index contributed by atoms with van der Waals surface area (Å²) >= 11 is 0. The van der Waals surface area contributed by atoms with Gasteiger partial charge in [0.15, 0.2) is 0 Å². The molecule has 0 atom stereocenters. The Morgan fingerprint density at radius 3 is 2.71 bits per heavy atom. The van der Waals surface area contributed by atoms with Gasteiger partial charge < -0.3 is 10.5 Å². The lowest BCUT2D eigenvalue weighted by molar-refractivity contribution is 0.130. The molecule has 3 N–H and O–H groups in total. The fraction of sp³-hybridized carbons (Fsp3) is 0.538. The molecule has 0 bridgehead atoms. The largest absolute Gasteiger partial charge is 0.474 e. The van der Waals surface area contributed by atoms with Crippen LogP contribution >= 0.6 is 0 Å². The van der Waals surface area contributed by atoms with Gasteiger partial charge in [-0.15, -0.1) is 0 Å². The molecule has 4 nitrogen and oxygen atoms in total. The van der Waals surface area contributed by atoms with Crippen LogP contribution in [0.3, 0.4) is 0 Å². The van der Waals surface area contributed by atoms with Crippen molar-refractivity contribution in [3.05, 3.63) is 23.9 Å². The van der Waals surface area contributed by atoms with Crippen molar-refractivity contribution in [3.8, 4) is 5.88 Å². The van der Waals surface area contributed by atoms with E-state index in [0.29, 0.717) is 11.6 Å². The summed E-state index contributed by atoms with van der Waals surface area (Å²) in [4.78, 5) is 4.21. The molecule has 0 radical (unpaired) electrons. The van der Waals surface area contributed by atoms with E-state index in [1.165, 1.54) is 12.8 Å². The van der Waals surface area contributed by atoms with Crippen LogP contribution in [-0.2, 0) is 0 Å². The fourth-order valence-corrected chi connectivity index (χ4v) is 2.15. The molecule has 0 amide bonds. The van der Waals surface area contributed by atoms with E-state index in [1.807, 2.05) is 12.1 Å². The molecule has 2 rings (SSSR count). The molecule has 1 aliphatic carbocycles. The molecule has 1 aliphatic rings. The number of nitrogens with two attached hydrogens (primary N) is 1. The summed E-state index contributed by atoms with van der Waals surface area (Å²) in [5, 5.41) is 7.34. The predicted octanol–water partition coefficient (Wildman–Crippen LogP) is 2.32. The van der Waals surface area contributed by atoms with Crippen molar-refractivity contribution >= 4 is 5.84 Å². The molecular weight excluding hydrogens is 214 g/mol. The summed E-state index contributed by atoms with van der Waals surface area (Å²) in [6, 6.07) is 5.37. The van der Waals surface area contributed by atoms with Gasteiger partial charge in [-0.2, -0.15) is 0 Å². The van der Waals surface area contributed by atoms with E-state index in [1.54, 1.807) is 6.07 Å². The smallest absolute Gasteiger partial charge is 0.214 e. The minimum Gasteiger partial charge on any atom is -0.474 e. The van der Waals surface area contributed by atoms with E-state index >= 15 is 0 Å². The zero-order chi connectivity index (χ0) is 12.3. The quantitative estimate of drug-likeness (QED) is 0.621. The molecule has 1 aromatic heterocycles. The number of hydrogen-bond acceptors (Lipinski definition) is 3. The minimum atomic E-state index is -0.0206. The first-order chi connectivity index (χ1) is 8.15. The number of nitrogens with zero attached hydrogens (tertiary/aromatic N) is 1. The van der Waals surface area contributed by atoms with E-state index < -0.39 is 0 Å². The molecule has 17 heavy (non-hydrogen) atoms. The molecule has 1 fully saturated rings. The monoisotopic (exact) mass is 233 g/mol. The van der Waals surface area contributed by atoms with Crippen molar-refractivity contribution in [1.29, 1.82) is 5.41 Å². The molecule has 0 aromatic carbocycles. The Bertz CT molecular complexity index is 397. The van der Waals surface area contributed by atoms with Crippen LogP contribution in [0.25, 0.3) is 0 Å². The molecule has 4 heteroatoms. The van der Waals surface area contributed by atoms with Gasteiger partial charge in [-0.05, 0) is 37.7 Å². The van der Waals surface area contributed by atoms with Crippen LogP contribution in [0.15, 0.2) is 18.2 Å². The van der Waals surface area contributed by atoms with Crippen LogP contribution in [0.5, 0.6) is 5.88 Å². The van der Waals surface area contributed by atoms with Gasteiger partial charge >= 0.3 is 0 Å². The van der Waals surface area contributed by atoms with Crippen LogP contribution in [0.4, 0.5) is 0 Å². The van der Waals surface area contributed by atoms with E-state index in [0.717, 1.165) is 18.8 Å². The summed E-state index contributed by atoms with van der Waals surface area (Å²) in [5.41, 5.74) is 5.88. The summed E-state index contributed by atoms with van der Waals surface area (Å²) in [6.45, 7) is 2.28. The number of rotatable bonds is 3. The average molecular weight is 233 g/mol. The number of hydrogen-bond donors (Lipinski definition) is 2. The first-order valence-electron chi connectivity index (χ1n) is 6.13. The Morgan fingerprint density at radius 1 is 1.35 bits per heavy atom. The van der Waals surface area contributed by atoms with Gasteiger partial charge in [0.1, 0.15) is 17.6 Å². The first kappa shape index (κ1) is 11.9. The first-order valence-corrected chi connectivity index (χ1v) is 6.13.